The number of rotatable bonds is 4. The van der Waals surface area contributed by atoms with E-state index in [0.717, 1.165) is 0 Å². The maximum absolute atomic E-state index is 11.5. The van der Waals surface area contributed by atoms with Gasteiger partial charge in [0.05, 0.1) is 12.5 Å². The van der Waals surface area contributed by atoms with E-state index in [0.29, 0.717) is 5.56 Å². The van der Waals surface area contributed by atoms with Crippen molar-refractivity contribution < 1.29 is 19.1 Å². The van der Waals surface area contributed by atoms with Gasteiger partial charge in [-0.25, -0.2) is 0 Å². The predicted molar refractivity (Wildman–Crippen MR) is 52.2 cm³/mol. The van der Waals surface area contributed by atoms with Crippen molar-refractivity contribution in [1.29, 1.82) is 0 Å². The minimum absolute atomic E-state index is 0.110. The Balaban J connectivity index is 2.92. The molecule has 1 unspecified atom stereocenters. The van der Waals surface area contributed by atoms with Crippen LogP contribution in [0.1, 0.15) is 12.5 Å². The molecule has 0 saturated heterocycles. The van der Waals surface area contributed by atoms with Crippen LogP contribution in [-0.2, 0) is 16.0 Å². The highest BCUT2D eigenvalue weighted by molar-refractivity contribution is 6.01. The number of hydrogen-bond donors (Lipinski definition) is 2. The number of furan rings is 1. The highest BCUT2D eigenvalue weighted by atomic mass is 16.4. The quantitative estimate of drug-likeness (QED) is 0.717. The fourth-order valence-corrected chi connectivity index (χ4v) is 1.33. The van der Waals surface area contributed by atoms with Gasteiger partial charge in [-0.1, -0.05) is 0 Å². The lowest BCUT2D eigenvalue weighted by Crippen LogP contribution is -2.44. The molecule has 1 amide bonds. The Bertz CT molecular complexity index is 358. The zero-order chi connectivity index (χ0) is 11.5. The van der Waals surface area contributed by atoms with Gasteiger partial charge in [-0.15, -0.1) is 0 Å². The highest BCUT2D eigenvalue weighted by Crippen LogP contribution is 2.23. The van der Waals surface area contributed by atoms with E-state index in [9.17, 15) is 9.59 Å². The predicted octanol–water partition coefficient (Wildman–Crippen LogP) is 0.659. The van der Waals surface area contributed by atoms with Gasteiger partial charge in [0.15, 0.2) is 0 Å². The number of carbonyl (C=O) groups is 2. The van der Waals surface area contributed by atoms with E-state index in [1.54, 1.807) is 6.07 Å². The summed E-state index contributed by atoms with van der Waals surface area (Å²) in [4.78, 5) is 22.5. The number of nitrogens with one attached hydrogen (secondary N) is 1. The Morgan fingerprint density at radius 2 is 2.27 bits per heavy atom. The first kappa shape index (κ1) is 11.3. The molecule has 5 nitrogen and oxygen atoms in total. The van der Waals surface area contributed by atoms with Crippen molar-refractivity contribution in [3.05, 3.63) is 24.2 Å². The van der Waals surface area contributed by atoms with E-state index in [2.05, 4.69) is 5.32 Å². The average Bonchev–Trinajstić information content (AvgIpc) is 2.68. The van der Waals surface area contributed by atoms with Crippen LogP contribution in [0.4, 0.5) is 0 Å². The first-order valence-corrected chi connectivity index (χ1v) is 4.47. The molecular weight excluding hydrogens is 198 g/mol. The molecule has 15 heavy (non-hydrogen) atoms. The van der Waals surface area contributed by atoms with Gasteiger partial charge < -0.3 is 14.8 Å². The molecule has 0 saturated carbocycles. The molecule has 5 heteroatoms. The number of carboxylic acids is 1. The summed E-state index contributed by atoms with van der Waals surface area (Å²) in [5, 5.41) is 11.4. The van der Waals surface area contributed by atoms with Crippen LogP contribution >= 0.6 is 0 Å². The molecule has 0 aliphatic rings. The van der Waals surface area contributed by atoms with Crippen LogP contribution in [0.2, 0.25) is 0 Å². The largest absolute Gasteiger partial charge is 0.480 e. The summed E-state index contributed by atoms with van der Waals surface area (Å²) in [5.41, 5.74) is -0.776. The Kier molecular flexibility index (Phi) is 3.14. The van der Waals surface area contributed by atoms with Gasteiger partial charge in [-0.05, 0) is 18.6 Å². The minimum Gasteiger partial charge on any atom is -0.480 e. The molecule has 82 valence electrons. The fourth-order valence-electron chi connectivity index (χ4n) is 1.33. The molecule has 1 atom stereocenters. The Morgan fingerprint density at radius 1 is 1.60 bits per heavy atom. The number of amides is 1. The van der Waals surface area contributed by atoms with Crippen molar-refractivity contribution in [3.63, 3.8) is 0 Å². The topological polar surface area (TPSA) is 79.5 Å². The second-order valence-electron chi connectivity index (χ2n) is 3.52. The van der Waals surface area contributed by atoms with Gasteiger partial charge >= 0.3 is 5.97 Å². The van der Waals surface area contributed by atoms with E-state index in [-0.39, 0.29) is 6.42 Å². The van der Waals surface area contributed by atoms with Crippen molar-refractivity contribution in [2.45, 2.75) is 13.3 Å². The summed E-state index contributed by atoms with van der Waals surface area (Å²) in [5.74, 6) is -1.67. The molecule has 1 heterocycles. The molecule has 0 spiro atoms. The lowest BCUT2D eigenvalue weighted by molar-refractivity contribution is -0.154. The molecule has 1 aromatic heterocycles. The first-order chi connectivity index (χ1) is 7.00. The highest BCUT2D eigenvalue weighted by Gasteiger charge is 2.41. The SMILES string of the molecule is CNC(=O)C(C)(Cc1ccoc1)C(=O)O. The third-order valence-electron chi connectivity index (χ3n) is 2.34. The monoisotopic (exact) mass is 211 g/mol. The first-order valence-electron chi connectivity index (χ1n) is 4.47. The van der Waals surface area contributed by atoms with Gasteiger partial charge in [0.2, 0.25) is 5.91 Å². The van der Waals surface area contributed by atoms with E-state index < -0.39 is 17.3 Å². The van der Waals surface area contributed by atoms with E-state index >= 15 is 0 Å². The second-order valence-corrected chi connectivity index (χ2v) is 3.52. The maximum Gasteiger partial charge on any atom is 0.319 e. The molecule has 0 fully saturated rings. The molecule has 0 aromatic carbocycles. The van der Waals surface area contributed by atoms with E-state index in [1.807, 2.05) is 0 Å². The van der Waals surface area contributed by atoms with Crippen LogP contribution in [0.5, 0.6) is 0 Å². The van der Waals surface area contributed by atoms with Crippen LogP contribution in [-0.4, -0.2) is 24.0 Å². The molecule has 0 aliphatic carbocycles. The van der Waals surface area contributed by atoms with Gasteiger partial charge in [0.25, 0.3) is 0 Å². The molecule has 0 bridgehead atoms. The third-order valence-corrected chi connectivity index (χ3v) is 2.34. The Labute approximate surface area is 87.1 Å². The van der Waals surface area contributed by atoms with Crippen molar-refractivity contribution in [3.8, 4) is 0 Å². The molecule has 0 aliphatic heterocycles. The summed E-state index contributed by atoms with van der Waals surface area (Å²) in [6.45, 7) is 1.39. The lowest BCUT2D eigenvalue weighted by Gasteiger charge is -2.21. The van der Waals surface area contributed by atoms with Crippen LogP contribution in [0.3, 0.4) is 0 Å². The Morgan fingerprint density at radius 3 is 2.67 bits per heavy atom. The number of carboxylic acid groups (broad SMARTS) is 1. The van der Waals surface area contributed by atoms with Crippen LogP contribution in [0.15, 0.2) is 23.0 Å². The van der Waals surface area contributed by atoms with Gasteiger partial charge in [-0.3, -0.25) is 9.59 Å². The lowest BCUT2D eigenvalue weighted by atomic mass is 9.83. The third kappa shape index (κ3) is 2.18. The molecule has 2 N–H and O–H groups in total. The summed E-state index contributed by atoms with van der Waals surface area (Å²) in [7, 11) is 1.42. The molecular formula is C10H13NO4. The van der Waals surface area contributed by atoms with Gasteiger partial charge in [0, 0.05) is 13.5 Å². The normalized spacial score (nSPS) is 14.3. The standard InChI is InChI=1S/C10H13NO4/c1-10(9(13)14,8(12)11-2)5-7-3-4-15-6-7/h3-4,6H,5H2,1-2H3,(H,11,12)(H,13,14). The van der Waals surface area contributed by atoms with Crippen LogP contribution in [0, 0.1) is 5.41 Å². The number of carbonyl (C=O) groups excluding carboxylic acids is 1. The van der Waals surface area contributed by atoms with Crippen LogP contribution in [0.25, 0.3) is 0 Å². The van der Waals surface area contributed by atoms with Gasteiger partial charge in [0.1, 0.15) is 5.41 Å². The van der Waals surface area contributed by atoms with Crippen molar-refractivity contribution in [1.82, 2.24) is 5.32 Å². The second kappa shape index (κ2) is 4.16. The minimum atomic E-state index is -1.46. The van der Waals surface area contributed by atoms with Crippen molar-refractivity contribution >= 4 is 11.9 Å². The van der Waals surface area contributed by atoms with E-state index in [1.165, 1.54) is 26.5 Å². The fraction of sp³-hybridized carbons (Fsp3) is 0.400. The number of hydrogen-bond acceptors (Lipinski definition) is 3. The van der Waals surface area contributed by atoms with E-state index in [4.69, 9.17) is 9.52 Å². The zero-order valence-electron chi connectivity index (χ0n) is 8.61. The maximum atomic E-state index is 11.5. The molecule has 0 radical (unpaired) electrons. The zero-order valence-corrected chi connectivity index (χ0v) is 8.61. The summed E-state index contributed by atoms with van der Waals surface area (Å²) in [6.07, 6.45) is 2.99. The smallest absolute Gasteiger partial charge is 0.319 e. The summed E-state index contributed by atoms with van der Waals surface area (Å²) >= 11 is 0. The average molecular weight is 211 g/mol. The Hall–Kier alpha value is -1.78. The number of aliphatic carboxylic acids is 1. The molecule has 1 aromatic rings. The summed E-state index contributed by atoms with van der Waals surface area (Å²) < 4.78 is 4.83. The molecule has 1 rings (SSSR count). The summed E-state index contributed by atoms with van der Waals surface area (Å²) in [6, 6.07) is 1.64. The van der Waals surface area contributed by atoms with Crippen molar-refractivity contribution in [2.75, 3.05) is 7.05 Å². The van der Waals surface area contributed by atoms with Crippen molar-refractivity contribution in [2.24, 2.45) is 5.41 Å². The van der Waals surface area contributed by atoms with Gasteiger partial charge in [-0.2, -0.15) is 0 Å². The van der Waals surface area contributed by atoms with Crippen LogP contribution < -0.4 is 5.32 Å².